The van der Waals surface area contributed by atoms with E-state index in [2.05, 4.69) is 45.1 Å². The van der Waals surface area contributed by atoms with Gasteiger partial charge in [0.15, 0.2) is 6.10 Å². The maximum absolute atomic E-state index is 12.7. The van der Waals surface area contributed by atoms with Crippen LogP contribution in [0, 0.1) is 0 Å². The van der Waals surface area contributed by atoms with E-state index in [1.54, 1.807) is 0 Å². The number of hydrogen-bond acceptors (Lipinski definition) is 6. The van der Waals surface area contributed by atoms with Gasteiger partial charge in [0.05, 0.1) is 0 Å². The van der Waals surface area contributed by atoms with E-state index in [1.807, 2.05) is 0 Å². The van der Waals surface area contributed by atoms with Crippen molar-refractivity contribution in [2.45, 2.75) is 264 Å². The summed E-state index contributed by atoms with van der Waals surface area (Å²) in [6, 6.07) is 0. The fraction of sp³-hybridized carbons (Fsp3) is 0.860. The first-order chi connectivity index (χ1) is 27.5. The highest BCUT2D eigenvalue weighted by Crippen LogP contribution is 2.15. The molecule has 0 aliphatic heterocycles. The molecule has 0 aliphatic carbocycles. The third-order valence-corrected chi connectivity index (χ3v) is 10.7. The zero-order valence-corrected chi connectivity index (χ0v) is 37.4. The zero-order valence-electron chi connectivity index (χ0n) is 37.4. The number of hydrogen-bond donors (Lipinski definition) is 0. The summed E-state index contributed by atoms with van der Waals surface area (Å²) < 4.78 is 16.7. The average Bonchev–Trinajstić information content (AvgIpc) is 3.19. The topological polar surface area (TPSA) is 78.9 Å². The van der Waals surface area contributed by atoms with Crippen LogP contribution in [0.3, 0.4) is 0 Å². The molecule has 0 spiro atoms. The molecule has 0 saturated heterocycles. The number of allylic oxidation sites excluding steroid dienone is 4. The Morgan fingerprint density at radius 1 is 0.357 bits per heavy atom. The fourth-order valence-corrected chi connectivity index (χ4v) is 7.00. The Morgan fingerprint density at radius 2 is 0.643 bits per heavy atom. The third kappa shape index (κ3) is 43.0. The average molecular weight is 789 g/mol. The van der Waals surface area contributed by atoms with Crippen molar-refractivity contribution < 1.29 is 28.6 Å². The summed E-state index contributed by atoms with van der Waals surface area (Å²) in [4.78, 5) is 37.8. The van der Waals surface area contributed by atoms with Crippen LogP contribution in [0.15, 0.2) is 24.3 Å². The molecule has 56 heavy (non-hydrogen) atoms. The number of carbonyl (C=O) groups is 3. The maximum atomic E-state index is 12.7. The first-order valence-corrected chi connectivity index (χ1v) is 24.3. The van der Waals surface area contributed by atoms with Gasteiger partial charge in [-0.15, -0.1) is 0 Å². The summed E-state index contributed by atoms with van der Waals surface area (Å²) in [6.45, 7) is 6.60. The van der Waals surface area contributed by atoms with Crippen LogP contribution < -0.4 is 0 Å². The largest absolute Gasteiger partial charge is 0.462 e. The monoisotopic (exact) mass is 789 g/mol. The number of esters is 3. The molecule has 0 N–H and O–H groups in total. The lowest BCUT2D eigenvalue weighted by Crippen LogP contribution is -2.30. The summed E-state index contributed by atoms with van der Waals surface area (Å²) in [6.07, 6.45) is 50.1. The minimum Gasteiger partial charge on any atom is -0.462 e. The van der Waals surface area contributed by atoms with Gasteiger partial charge in [-0.3, -0.25) is 14.4 Å². The van der Waals surface area contributed by atoms with E-state index in [1.165, 1.54) is 148 Å². The Bertz CT molecular complexity index is 911. The predicted octanol–water partition coefficient (Wildman–Crippen LogP) is 15.6. The van der Waals surface area contributed by atoms with Crippen molar-refractivity contribution in [3.8, 4) is 0 Å². The molecule has 0 radical (unpaired) electrons. The van der Waals surface area contributed by atoms with Crippen molar-refractivity contribution in [3.05, 3.63) is 24.3 Å². The van der Waals surface area contributed by atoms with Gasteiger partial charge in [0.1, 0.15) is 13.2 Å². The number of ether oxygens (including phenoxy) is 3. The van der Waals surface area contributed by atoms with Crippen LogP contribution in [-0.4, -0.2) is 37.2 Å². The van der Waals surface area contributed by atoms with Crippen molar-refractivity contribution in [1.29, 1.82) is 0 Å². The van der Waals surface area contributed by atoms with Gasteiger partial charge >= 0.3 is 17.9 Å². The van der Waals surface area contributed by atoms with E-state index in [9.17, 15) is 14.4 Å². The molecule has 0 aromatic rings. The van der Waals surface area contributed by atoms with E-state index >= 15 is 0 Å². The highest BCUT2D eigenvalue weighted by Gasteiger charge is 2.19. The van der Waals surface area contributed by atoms with Crippen molar-refractivity contribution in [2.75, 3.05) is 13.2 Å². The Kier molecular flexibility index (Phi) is 43.9. The molecule has 0 aromatic heterocycles. The Balaban J connectivity index is 4.31. The number of unbranched alkanes of at least 4 members (excludes halogenated alkanes) is 29. The first kappa shape index (κ1) is 53.9. The summed E-state index contributed by atoms with van der Waals surface area (Å²) in [7, 11) is 0. The van der Waals surface area contributed by atoms with E-state index in [0.29, 0.717) is 19.3 Å². The molecule has 1 atom stereocenters. The van der Waals surface area contributed by atoms with Gasteiger partial charge in [-0.1, -0.05) is 212 Å². The standard InChI is InChI=1S/C50H92O6/c1-4-7-10-13-16-19-22-23-24-25-26-27-29-31-34-37-40-43-49(52)55-46-47(45-54-48(51)42-39-36-33-30-21-18-15-12-9-6-3)56-50(53)44-41-38-35-32-28-20-17-14-11-8-5-2/h16,19,23-24,47H,4-15,17-18,20-22,25-46H2,1-3H3/b19-16-,24-23-. The Labute approximate surface area is 347 Å². The van der Waals surface area contributed by atoms with Gasteiger partial charge in [-0.05, 0) is 51.4 Å². The van der Waals surface area contributed by atoms with Gasteiger partial charge in [-0.2, -0.15) is 0 Å². The molecule has 328 valence electrons. The molecule has 0 bridgehead atoms. The van der Waals surface area contributed by atoms with Crippen LogP contribution in [0.1, 0.15) is 258 Å². The van der Waals surface area contributed by atoms with Gasteiger partial charge in [0, 0.05) is 19.3 Å². The van der Waals surface area contributed by atoms with E-state index in [4.69, 9.17) is 14.2 Å². The van der Waals surface area contributed by atoms with Gasteiger partial charge in [-0.25, -0.2) is 0 Å². The molecular formula is C50H92O6. The molecular weight excluding hydrogens is 697 g/mol. The molecule has 0 aliphatic rings. The van der Waals surface area contributed by atoms with E-state index < -0.39 is 6.10 Å². The van der Waals surface area contributed by atoms with Crippen molar-refractivity contribution in [2.24, 2.45) is 0 Å². The smallest absolute Gasteiger partial charge is 0.306 e. The van der Waals surface area contributed by atoms with Crippen molar-refractivity contribution in [1.82, 2.24) is 0 Å². The first-order valence-electron chi connectivity index (χ1n) is 24.3. The Hall–Kier alpha value is -2.11. The lowest BCUT2D eigenvalue weighted by Gasteiger charge is -2.18. The molecule has 0 aromatic carbocycles. The second-order valence-corrected chi connectivity index (χ2v) is 16.4. The minimum absolute atomic E-state index is 0.0696. The number of carbonyl (C=O) groups excluding carboxylic acids is 3. The fourth-order valence-electron chi connectivity index (χ4n) is 7.00. The van der Waals surface area contributed by atoms with Crippen LogP contribution in [0.5, 0.6) is 0 Å². The van der Waals surface area contributed by atoms with Crippen molar-refractivity contribution in [3.63, 3.8) is 0 Å². The molecule has 6 nitrogen and oxygen atoms in total. The number of rotatable bonds is 44. The lowest BCUT2D eigenvalue weighted by atomic mass is 10.1. The highest BCUT2D eigenvalue weighted by atomic mass is 16.6. The zero-order chi connectivity index (χ0) is 40.8. The predicted molar refractivity (Wildman–Crippen MR) is 238 cm³/mol. The molecule has 6 heteroatoms. The molecule has 0 fully saturated rings. The van der Waals surface area contributed by atoms with E-state index in [0.717, 1.165) is 70.6 Å². The molecule has 0 rings (SSSR count). The molecule has 1 unspecified atom stereocenters. The van der Waals surface area contributed by atoms with Crippen LogP contribution in [-0.2, 0) is 28.6 Å². The van der Waals surface area contributed by atoms with Crippen LogP contribution in [0.4, 0.5) is 0 Å². The third-order valence-electron chi connectivity index (χ3n) is 10.7. The van der Waals surface area contributed by atoms with Crippen molar-refractivity contribution >= 4 is 17.9 Å². The summed E-state index contributed by atoms with van der Waals surface area (Å²) in [5, 5.41) is 0. The summed E-state index contributed by atoms with van der Waals surface area (Å²) >= 11 is 0. The van der Waals surface area contributed by atoms with Gasteiger partial charge in [0.25, 0.3) is 0 Å². The second-order valence-electron chi connectivity index (χ2n) is 16.4. The summed E-state index contributed by atoms with van der Waals surface area (Å²) in [5.41, 5.74) is 0. The summed E-state index contributed by atoms with van der Waals surface area (Å²) in [5.74, 6) is -0.871. The molecule has 0 saturated carbocycles. The van der Waals surface area contributed by atoms with Crippen LogP contribution in [0.25, 0.3) is 0 Å². The van der Waals surface area contributed by atoms with E-state index in [-0.39, 0.29) is 31.1 Å². The highest BCUT2D eigenvalue weighted by molar-refractivity contribution is 5.71. The normalized spacial score (nSPS) is 12.1. The SMILES string of the molecule is CCCCC/C=C\C/C=C\CCCCCCCCCC(=O)OCC(COC(=O)CCCCCCCCCCCC)OC(=O)CCCCCCCCCCCCC. The quantitative estimate of drug-likeness (QED) is 0.0265. The Morgan fingerprint density at radius 3 is 1.02 bits per heavy atom. The lowest BCUT2D eigenvalue weighted by molar-refractivity contribution is -0.167. The van der Waals surface area contributed by atoms with Crippen LogP contribution >= 0.6 is 0 Å². The molecule has 0 amide bonds. The van der Waals surface area contributed by atoms with Crippen LogP contribution in [0.2, 0.25) is 0 Å². The van der Waals surface area contributed by atoms with Gasteiger partial charge in [0.2, 0.25) is 0 Å². The second kappa shape index (κ2) is 45.6. The maximum Gasteiger partial charge on any atom is 0.306 e. The molecule has 0 heterocycles. The minimum atomic E-state index is -0.766. The van der Waals surface area contributed by atoms with Gasteiger partial charge < -0.3 is 14.2 Å².